The monoisotopic (exact) mass is 285 g/mol. The molecular formula is C19H24FN. The van der Waals surface area contributed by atoms with Gasteiger partial charge in [-0.3, -0.25) is 0 Å². The second-order valence-corrected chi connectivity index (χ2v) is 6.01. The van der Waals surface area contributed by atoms with Crippen molar-refractivity contribution in [2.45, 2.75) is 45.7 Å². The summed E-state index contributed by atoms with van der Waals surface area (Å²) in [4.78, 5) is 0. The van der Waals surface area contributed by atoms with Gasteiger partial charge in [0.15, 0.2) is 0 Å². The Labute approximate surface area is 127 Å². The summed E-state index contributed by atoms with van der Waals surface area (Å²) in [7, 11) is 0. The van der Waals surface area contributed by atoms with Gasteiger partial charge in [0.2, 0.25) is 0 Å². The van der Waals surface area contributed by atoms with Crippen LogP contribution in [0.25, 0.3) is 0 Å². The maximum atomic E-state index is 13.2. The summed E-state index contributed by atoms with van der Waals surface area (Å²) in [6, 6.07) is 15.9. The highest BCUT2D eigenvalue weighted by Gasteiger charge is 2.05. The van der Waals surface area contributed by atoms with Gasteiger partial charge in [0.1, 0.15) is 5.82 Å². The van der Waals surface area contributed by atoms with Gasteiger partial charge in [-0.1, -0.05) is 50.2 Å². The van der Waals surface area contributed by atoms with E-state index in [0.29, 0.717) is 12.0 Å². The van der Waals surface area contributed by atoms with Crippen molar-refractivity contribution in [3.63, 3.8) is 0 Å². The average molecular weight is 285 g/mol. The first-order chi connectivity index (χ1) is 10.0. The van der Waals surface area contributed by atoms with Gasteiger partial charge < -0.3 is 5.32 Å². The summed E-state index contributed by atoms with van der Waals surface area (Å²) in [6.07, 6.45) is 0.835. The summed E-state index contributed by atoms with van der Waals surface area (Å²) < 4.78 is 13.2. The van der Waals surface area contributed by atoms with Gasteiger partial charge in [0.05, 0.1) is 0 Å². The first-order valence-corrected chi connectivity index (χ1v) is 7.61. The zero-order valence-electron chi connectivity index (χ0n) is 13.1. The molecule has 0 amide bonds. The van der Waals surface area contributed by atoms with E-state index in [1.807, 2.05) is 6.07 Å². The van der Waals surface area contributed by atoms with Crippen molar-refractivity contribution < 1.29 is 4.39 Å². The van der Waals surface area contributed by atoms with Crippen LogP contribution in [0, 0.1) is 5.82 Å². The lowest BCUT2D eigenvalue weighted by molar-refractivity contribution is 0.542. The van der Waals surface area contributed by atoms with Crippen LogP contribution in [0.3, 0.4) is 0 Å². The minimum Gasteiger partial charge on any atom is -0.310 e. The van der Waals surface area contributed by atoms with Crippen LogP contribution in [0.1, 0.15) is 43.4 Å². The Morgan fingerprint density at radius 2 is 1.67 bits per heavy atom. The molecule has 0 aliphatic heterocycles. The highest BCUT2D eigenvalue weighted by atomic mass is 19.1. The molecule has 0 radical (unpaired) electrons. The maximum absolute atomic E-state index is 13.2. The van der Waals surface area contributed by atoms with E-state index in [-0.39, 0.29) is 5.82 Å². The lowest BCUT2D eigenvalue weighted by Crippen LogP contribution is -2.27. The molecule has 112 valence electrons. The third kappa shape index (κ3) is 4.98. The fourth-order valence-corrected chi connectivity index (χ4v) is 2.40. The third-order valence-corrected chi connectivity index (χ3v) is 3.73. The molecule has 0 heterocycles. The van der Waals surface area contributed by atoms with E-state index in [4.69, 9.17) is 0 Å². The van der Waals surface area contributed by atoms with E-state index in [2.05, 4.69) is 50.4 Å². The zero-order chi connectivity index (χ0) is 15.2. The van der Waals surface area contributed by atoms with Gasteiger partial charge in [0.25, 0.3) is 0 Å². The van der Waals surface area contributed by atoms with Crippen LogP contribution in [-0.2, 0) is 13.0 Å². The van der Waals surface area contributed by atoms with E-state index < -0.39 is 0 Å². The van der Waals surface area contributed by atoms with Gasteiger partial charge in [-0.05, 0) is 48.1 Å². The van der Waals surface area contributed by atoms with Gasteiger partial charge in [0, 0.05) is 12.6 Å². The van der Waals surface area contributed by atoms with Crippen LogP contribution in [-0.4, -0.2) is 6.04 Å². The highest BCUT2D eigenvalue weighted by molar-refractivity contribution is 5.24. The minimum atomic E-state index is -0.163. The van der Waals surface area contributed by atoms with Crippen LogP contribution in [0.15, 0.2) is 48.5 Å². The zero-order valence-corrected chi connectivity index (χ0v) is 13.1. The molecule has 0 spiro atoms. The predicted octanol–water partition coefficient (Wildman–Crippen LogP) is 4.67. The van der Waals surface area contributed by atoms with Gasteiger partial charge in [-0.2, -0.15) is 0 Å². The van der Waals surface area contributed by atoms with Gasteiger partial charge in [-0.25, -0.2) is 4.39 Å². The molecule has 0 bridgehead atoms. The Bertz CT molecular complexity index is 560. The molecule has 2 heteroatoms. The normalized spacial score (nSPS) is 12.6. The minimum absolute atomic E-state index is 0.163. The largest absolute Gasteiger partial charge is 0.310 e. The molecule has 0 aliphatic rings. The first kappa shape index (κ1) is 15.7. The topological polar surface area (TPSA) is 12.0 Å². The molecule has 1 atom stereocenters. The van der Waals surface area contributed by atoms with E-state index in [0.717, 1.165) is 18.5 Å². The quantitative estimate of drug-likeness (QED) is 0.813. The summed E-state index contributed by atoms with van der Waals surface area (Å²) >= 11 is 0. The van der Waals surface area contributed by atoms with E-state index in [9.17, 15) is 4.39 Å². The molecule has 0 saturated carbocycles. The van der Waals surface area contributed by atoms with E-state index >= 15 is 0 Å². The number of halogens is 1. The van der Waals surface area contributed by atoms with Crippen molar-refractivity contribution in [2.75, 3.05) is 0 Å². The fourth-order valence-electron chi connectivity index (χ4n) is 2.40. The molecule has 21 heavy (non-hydrogen) atoms. The van der Waals surface area contributed by atoms with Crippen molar-refractivity contribution in [3.05, 3.63) is 71.0 Å². The Hall–Kier alpha value is -1.67. The molecule has 0 saturated heterocycles. The lowest BCUT2D eigenvalue weighted by Gasteiger charge is -2.14. The third-order valence-electron chi connectivity index (χ3n) is 3.73. The number of hydrogen-bond acceptors (Lipinski definition) is 1. The van der Waals surface area contributed by atoms with Crippen LogP contribution in [0.2, 0.25) is 0 Å². The van der Waals surface area contributed by atoms with Gasteiger partial charge in [-0.15, -0.1) is 0 Å². The molecule has 1 nitrogen and oxygen atoms in total. The number of benzene rings is 2. The molecule has 1 unspecified atom stereocenters. The van der Waals surface area contributed by atoms with Crippen LogP contribution >= 0.6 is 0 Å². The molecule has 1 N–H and O–H groups in total. The van der Waals surface area contributed by atoms with Crippen molar-refractivity contribution in [3.8, 4) is 0 Å². The number of hydrogen-bond donors (Lipinski definition) is 1. The summed E-state index contributed by atoms with van der Waals surface area (Å²) in [6.45, 7) is 7.38. The molecule has 2 rings (SSSR count). The molecule has 0 aromatic heterocycles. The SMILES string of the molecule is CC(Cc1cccc(F)c1)NCc1ccc(C(C)C)cc1. The van der Waals surface area contributed by atoms with Crippen LogP contribution < -0.4 is 5.32 Å². The van der Waals surface area contributed by atoms with Crippen molar-refractivity contribution in [1.82, 2.24) is 5.32 Å². The first-order valence-electron chi connectivity index (χ1n) is 7.61. The Morgan fingerprint density at radius 3 is 2.29 bits per heavy atom. The maximum Gasteiger partial charge on any atom is 0.123 e. The Morgan fingerprint density at radius 1 is 0.952 bits per heavy atom. The number of nitrogens with one attached hydrogen (secondary N) is 1. The van der Waals surface area contributed by atoms with E-state index in [1.165, 1.54) is 17.2 Å². The summed E-state index contributed by atoms with van der Waals surface area (Å²) in [5.74, 6) is 0.405. The fraction of sp³-hybridized carbons (Fsp3) is 0.368. The average Bonchev–Trinajstić information content (AvgIpc) is 2.45. The Kier molecular flexibility index (Phi) is 5.51. The summed E-state index contributed by atoms with van der Waals surface area (Å²) in [5.41, 5.74) is 3.68. The van der Waals surface area contributed by atoms with Crippen LogP contribution in [0.5, 0.6) is 0 Å². The second kappa shape index (κ2) is 7.37. The second-order valence-electron chi connectivity index (χ2n) is 6.01. The lowest BCUT2D eigenvalue weighted by atomic mass is 10.0. The molecule has 2 aromatic carbocycles. The predicted molar refractivity (Wildman–Crippen MR) is 86.9 cm³/mol. The number of rotatable bonds is 6. The summed E-state index contributed by atoms with van der Waals surface area (Å²) in [5, 5.41) is 3.49. The standard InChI is InChI=1S/C19H24FN/c1-14(2)18-9-7-16(8-10-18)13-21-15(3)11-17-5-4-6-19(20)12-17/h4-10,12,14-15,21H,11,13H2,1-3H3. The molecule has 0 aliphatic carbocycles. The van der Waals surface area contributed by atoms with Crippen molar-refractivity contribution in [2.24, 2.45) is 0 Å². The molecular weight excluding hydrogens is 261 g/mol. The molecule has 2 aromatic rings. The van der Waals surface area contributed by atoms with Crippen molar-refractivity contribution >= 4 is 0 Å². The molecule has 0 fully saturated rings. The van der Waals surface area contributed by atoms with Gasteiger partial charge >= 0.3 is 0 Å². The Balaban J connectivity index is 1.84. The van der Waals surface area contributed by atoms with Crippen LogP contribution in [0.4, 0.5) is 4.39 Å². The van der Waals surface area contributed by atoms with Crippen molar-refractivity contribution in [1.29, 1.82) is 0 Å². The highest BCUT2D eigenvalue weighted by Crippen LogP contribution is 2.14. The smallest absolute Gasteiger partial charge is 0.123 e. The van der Waals surface area contributed by atoms with E-state index in [1.54, 1.807) is 12.1 Å².